The first-order chi connectivity index (χ1) is 6.59. The first-order valence-corrected chi connectivity index (χ1v) is 5.80. The third-order valence-electron chi connectivity index (χ3n) is 2.53. The number of rotatable bonds is 4. The van der Waals surface area contributed by atoms with Gasteiger partial charge in [-0.05, 0) is 19.3 Å². The molecule has 14 heavy (non-hydrogen) atoms. The standard InChI is InChI=1S/C8H11F2NO2S/c9-7(10)5-3-6(5)8(12)11-14(13)4-1-2-4/h4-7H,1-3H2,(H,11,12). The quantitative estimate of drug-likeness (QED) is 0.767. The topological polar surface area (TPSA) is 46.2 Å². The fraction of sp³-hybridized carbons (Fsp3) is 0.875. The Morgan fingerprint density at radius 2 is 2.07 bits per heavy atom. The van der Waals surface area contributed by atoms with E-state index in [1.54, 1.807) is 0 Å². The summed E-state index contributed by atoms with van der Waals surface area (Å²) in [5, 5.41) is 0.0581. The van der Waals surface area contributed by atoms with E-state index >= 15 is 0 Å². The van der Waals surface area contributed by atoms with Crippen LogP contribution in [0.1, 0.15) is 19.3 Å². The predicted octanol–water partition coefficient (Wildman–Crippen LogP) is 0.830. The third kappa shape index (κ3) is 2.10. The van der Waals surface area contributed by atoms with E-state index in [9.17, 15) is 17.8 Å². The fourth-order valence-electron chi connectivity index (χ4n) is 1.33. The molecule has 80 valence electrons. The van der Waals surface area contributed by atoms with Crippen LogP contribution in [0.5, 0.6) is 0 Å². The second-order valence-electron chi connectivity index (χ2n) is 3.80. The summed E-state index contributed by atoms with van der Waals surface area (Å²) in [4.78, 5) is 11.2. The summed E-state index contributed by atoms with van der Waals surface area (Å²) in [6.07, 6.45) is -0.489. The number of nitrogens with one attached hydrogen (secondary N) is 1. The van der Waals surface area contributed by atoms with E-state index in [4.69, 9.17) is 0 Å². The number of carbonyl (C=O) groups excluding carboxylic acids is 1. The van der Waals surface area contributed by atoms with Gasteiger partial charge >= 0.3 is 0 Å². The molecule has 2 saturated carbocycles. The van der Waals surface area contributed by atoms with Crippen molar-refractivity contribution in [3.63, 3.8) is 0 Å². The molecular formula is C8H11F2NO2S. The molecule has 3 nitrogen and oxygen atoms in total. The fourth-order valence-corrected chi connectivity index (χ4v) is 2.42. The van der Waals surface area contributed by atoms with Gasteiger partial charge in [0.1, 0.15) is 11.0 Å². The molecule has 0 spiro atoms. The highest BCUT2D eigenvalue weighted by atomic mass is 32.2. The number of hydrogen-bond acceptors (Lipinski definition) is 2. The highest BCUT2D eigenvalue weighted by Gasteiger charge is 2.49. The molecule has 0 saturated heterocycles. The van der Waals surface area contributed by atoms with E-state index in [0.29, 0.717) is 0 Å². The molecule has 0 aromatic rings. The lowest BCUT2D eigenvalue weighted by molar-refractivity contribution is -0.121. The van der Waals surface area contributed by atoms with Crippen molar-refractivity contribution in [3.05, 3.63) is 0 Å². The van der Waals surface area contributed by atoms with Crippen LogP contribution < -0.4 is 4.72 Å². The van der Waals surface area contributed by atoms with Crippen LogP contribution in [0, 0.1) is 11.8 Å². The molecule has 3 atom stereocenters. The van der Waals surface area contributed by atoms with E-state index in [1.165, 1.54) is 0 Å². The summed E-state index contributed by atoms with van der Waals surface area (Å²) in [6.45, 7) is 0. The Morgan fingerprint density at radius 1 is 1.43 bits per heavy atom. The zero-order chi connectivity index (χ0) is 10.3. The molecule has 3 unspecified atom stereocenters. The SMILES string of the molecule is O=C(NS(=O)C1CC1)C1CC1C(F)F. The monoisotopic (exact) mass is 223 g/mol. The number of carbonyl (C=O) groups is 1. The summed E-state index contributed by atoms with van der Waals surface area (Å²) in [6, 6.07) is 0. The zero-order valence-corrected chi connectivity index (χ0v) is 8.23. The van der Waals surface area contributed by atoms with Gasteiger partial charge in [-0.15, -0.1) is 0 Å². The average molecular weight is 223 g/mol. The molecular weight excluding hydrogens is 212 g/mol. The van der Waals surface area contributed by atoms with Crippen LogP contribution in [-0.4, -0.2) is 21.8 Å². The van der Waals surface area contributed by atoms with Gasteiger partial charge in [0.15, 0.2) is 0 Å². The van der Waals surface area contributed by atoms with Crippen molar-refractivity contribution >= 4 is 16.9 Å². The van der Waals surface area contributed by atoms with Crippen molar-refractivity contribution < 1.29 is 17.8 Å². The highest BCUT2D eigenvalue weighted by molar-refractivity contribution is 7.84. The lowest BCUT2D eigenvalue weighted by Gasteiger charge is -2.02. The van der Waals surface area contributed by atoms with Crippen molar-refractivity contribution in [2.24, 2.45) is 11.8 Å². The van der Waals surface area contributed by atoms with Gasteiger partial charge in [0.2, 0.25) is 12.3 Å². The van der Waals surface area contributed by atoms with Gasteiger partial charge in [0.05, 0.1) is 5.25 Å². The van der Waals surface area contributed by atoms with Crippen LogP contribution in [0.4, 0.5) is 8.78 Å². The molecule has 0 radical (unpaired) electrons. The Balaban J connectivity index is 1.77. The van der Waals surface area contributed by atoms with E-state index < -0.39 is 35.2 Å². The Morgan fingerprint density at radius 3 is 2.50 bits per heavy atom. The number of hydrogen-bond donors (Lipinski definition) is 1. The lowest BCUT2D eigenvalue weighted by atomic mass is 10.3. The Hall–Kier alpha value is -0.520. The molecule has 6 heteroatoms. The van der Waals surface area contributed by atoms with Gasteiger partial charge < -0.3 is 0 Å². The van der Waals surface area contributed by atoms with E-state index in [1.807, 2.05) is 0 Å². The second kappa shape index (κ2) is 3.56. The largest absolute Gasteiger partial charge is 0.275 e. The molecule has 2 rings (SSSR count). The van der Waals surface area contributed by atoms with Gasteiger partial charge in [0.25, 0.3) is 0 Å². The van der Waals surface area contributed by atoms with Crippen LogP contribution in [0.25, 0.3) is 0 Å². The van der Waals surface area contributed by atoms with Crippen molar-refractivity contribution in [1.82, 2.24) is 4.72 Å². The van der Waals surface area contributed by atoms with Crippen LogP contribution in [0.3, 0.4) is 0 Å². The third-order valence-corrected chi connectivity index (χ3v) is 4.01. The lowest BCUT2D eigenvalue weighted by Crippen LogP contribution is -2.30. The van der Waals surface area contributed by atoms with Gasteiger partial charge in [-0.25, -0.2) is 13.0 Å². The summed E-state index contributed by atoms with van der Waals surface area (Å²) in [5.41, 5.74) is 0. The van der Waals surface area contributed by atoms with Gasteiger partial charge in [-0.3, -0.25) is 9.52 Å². The van der Waals surface area contributed by atoms with Crippen LogP contribution in [-0.2, 0) is 15.8 Å². The van der Waals surface area contributed by atoms with E-state index in [0.717, 1.165) is 12.8 Å². The van der Waals surface area contributed by atoms with Crippen LogP contribution >= 0.6 is 0 Å². The maximum atomic E-state index is 12.1. The normalized spacial score (nSPS) is 32.8. The summed E-state index contributed by atoms with van der Waals surface area (Å²) >= 11 is 0. The Bertz CT molecular complexity index is 281. The van der Waals surface area contributed by atoms with Crippen molar-refractivity contribution in [1.29, 1.82) is 0 Å². The van der Waals surface area contributed by atoms with Crippen LogP contribution in [0.2, 0.25) is 0 Å². The maximum Gasteiger partial charge on any atom is 0.242 e. The molecule has 2 fully saturated rings. The number of halogens is 2. The smallest absolute Gasteiger partial charge is 0.242 e. The molecule has 0 aromatic heterocycles. The first kappa shape index (κ1) is 10.0. The Labute approximate surface area is 82.8 Å². The molecule has 0 bridgehead atoms. The van der Waals surface area contributed by atoms with Gasteiger partial charge in [0, 0.05) is 11.8 Å². The molecule has 0 aliphatic heterocycles. The average Bonchev–Trinajstić information content (AvgIpc) is 2.98. The first-order valence-electron chi connectivity index (χ1n) is 4.59. The minimum absolute atomic E-state index is 0.0581. The summed E-state index contributed by atoms with van der Waals surface area (Å²) in [5.74, 6) is -1.90. The summed E-state index contributed by atoms with van der Waals surface area (Å²) in [7, 11) is -1.34. The molecule has 2 aliphatic carbocycles. The van der Waals surface area contributed by atoms with Gasteiger partial charge in [-0.1, -0.05) is 0 Å². The maximum absolute atomic E-state index is 12.1. The predicted molar refractivity (Wildman–Crippen MR) is 46.9 cm³/mol. The minimum atomic E-state index is -2.43. The zero-order valence-electron chi connectivity index (χ0n) is 7.41. The van der Waals surface area contributed by atoms with Gasteiger partial charge in [-0.2, -0.15) is 0 Å². The van der Waals surface area contributed by atoms with Crippen molar-refractivity contribution in [2.45, 2.75) is 30.9 Å². The summed E-state index contributed by atoms with van der Waals surface area (Å²) < 4.78 is 37.7. The van der Waals surface area contributed by atoms with E-state index in [-0.39, 0.29) is 11.7 Å². The molecule has 0 aromatic carbocycles. The van der Waals surface area contributed by atoms with E-state index in [2.05, 4.69) is 4.72 Å². The molecule has 1 N–H and O–H groups in total. The van der Waals surface area contributed by atoms with Crippen molar-refractivity contribution in [3.8, 4) is 0 Å². The second-order valence-corrected chi connectivity index (χ2v) is 5.27. The molecule has 2 aliphatic rings. The number of amides is 1. The highest BCUT2D eigenvalue weighted by Crippen LogP contribution is 2.43. The molecule has 1 amide bonds. The van der Waals surface area contributed by atoms with Crippen molar-refractivity contribution in [2.75, 3.05) is 0 Å². The van der Waals surface area contributed by atoms with Crippen LogP contribution in [0.15, 0.2) is 0 Å². The minimum Gasteiger partial charge on any atom is -0.275 e. The number of alkyl halides is 2. The molecule has 0 heterocycles. The Kier molecular flexibility index (Phi) is 2.55.